The molecule has 0 saturated carbocycles. The molecule has 0 saturated heterocycles. The van der Waals surface area contributed by atoms with E-state index >= 15 is 0 Å². The summed E-state index contributed by atoms with van der Waals surface area (Å²) in [7, 11) is 0. The predicted octanol–water partition coefficient (Wildman–Crippen LogP) is 2.82. The minimum atomic E-state index is -0.535. The molecule has 1 aromatic rings. The lowest BCUT2D eigenvalue weighted by atomic mass is 10.2. The zero-order valence-electron chi connectivity index (χ0n) is 7.37. The van der Waals surface area contributed by atoms with Gasteiger partial charge in [-0.15, -0.1) is 0 Å². The molecule has 0 heterocycles. The molecule has 70 valence electrons. The minimum absolute atomic E-state index is 0.373. The third-order valence-electron chi connectivity index (χ3n) is 1.57. The Morgan fingerprint density at radius 3 is 2.62 bits per heavy atom. The van der Waals surface area contributed by atoms with E-state index in [4.69, 9.17) is 16.3 Å². The number of esters is 1. The van der Waals surface area contributed by atoms with Crippen molar-refractivity contribution in [2.75, 3.05) is 0 Å². The standard InChI is InChI=1S/C10H11ClO2/c1-2-9(11)13-10(12)8-6-4-3-5-7-8/h3-7,9H,2H2,1H3/t9-/m1/s1. The highest BCUT2D eigenvalue weighted by Gasteiger charge is 2.10. The lowest BCUT2D eigenvalue weighted by Crippen LogP contribution is -2.11. The van der Waals surface area contributed by atoms with Gasteiger partial charge in [0, 0.05) is 0 Å². The van der Waals surface area contributed by atoms with E-state index in [0.717, 1.165) is 0 Å². The van der Waals surface area contributed by atoms with Crippen molar-refractivity contribution in [1.29, 1.82) is 0 Å². The van der Waals surface area contributed by atoms with Gasteiger partial charge >= 0.3 is 5.97 Å². The fourth-order valence-electron chi connectivity index (χ4n) is 0.842. The minimum Gasteiger partial charge on any atom is -0.442 e. The molecule has 2 nitrogen and oxygen atoms in total. The number of alkyl halides is 1. The van der Waals surface area contributed by atoms with Crippen molar-refractivity contribution in [3.8, 4) is 0 Å². The SMILES string of the molecule is CC[C@H](Cl)OC(=O)c1ccccc1. The van der Waals surface area contributed by atoms with E-state index < -0.39 is 5.56 Å². The Hall–Kier alpha value is -1.02. The number of ether oxygens (including phenoxy) is 1. The second kappa shape index (κ2) is 4.87. The van der Waals surface area contributed by atoms with Gasteiger partial charge in [0.1, 0.15) is 0 Å². The number of halogens is 1. The van der Waals surface area contributed by atoms with Gasteiger partial charge in [-0.2, -0.15) is 0 Å². The Balaban J connectivity index is 2.59. The summed E-state index contributed by atoms with van der Waals surface area (Å²) in [6, 6.07) is 8.80. The highest BCUT2D eigenvalue weighted by atomic mass is 35.5. The summed E-state index contributed by atoms with van der Waals surface area (Å²) in [5.74, 6) is -0.373. The zero-order chi connectivity index (χ0) is 9.68. The molecule has 0 N–H and O–H groups in total. The number of hydrogen-bond acceptors (Lipinski definition) is 2. The van der Waals surface area contributed by atoms with Gasteiger partial charge in [-0.25, -0.2) is 4.79 Å². The normalized spacial score (nSPS) is 12.2. The van der Waals surface area contributed by atoms with Crippen molar-refractivity contribution in [1.82, 2.24) is 0 Å². The maximum absolute atomic E-state index is 11.3. The van der Waals surface area contributed by atoms with Crippen LogP contribution in [0.2, 0.25) is 0 Å². The van der Waals surface area contributed by atoms with Crippen molar-refractivity contribution in [2.24, 2.45) is 0 Å². The van der Waals surface area contributed by atoms with Gasteiger partial charge in [0.25, 0.3) is 0 Å². The van der Waals surface area contributed by atoms with E-state index in [1.54, 1.807) is 24.3 Å². The topological polar surface area (TPSA) is 26.3 Å². The Morgan fingerprint density at radius 2 is 2.08 bits per heavy atom. The molecule has 13 heavy (non-hydrogen) atoms. The first-order valence-corrected chi connectivity index (χ1v) is 4.57. The molecule has 3 heteroatoms. The van der Waals surface area contributed by atoms with Gasteiger partial charge in [-0.1, -0.05) is 36.7 Å². The molecule has 0 aromatic heterocycles. The monoisotopic (exact) mass is 198 g/mol. The summed E-state index contributed by atoms with van der Waals surface area (Å²) in [6.07, 6.45) is 0.611. The van der Waals surface area contributed by atoms with Crippen LogP contribution in [0.15, 0.2) is 30.3 Å². The van der Waals surface area contributed by atoms with Crippen LogP contribution in [0.25, 0.3) is 0 Å². The van der Waals surface area contributed by atoms with Crippen LogP contribution in [-0.2, 0) is 4.74 Å². The van der Waals surface area contributed by atoms with Crippen LogP contribution in [0.5, 0.6) is 0 Å². The van der Waals surface area contributed by atoms with Gasteiger partial charge in [0.15, 0.2) is 5.56 Å². The summed E-state index contributed by atoms with van der Waals surface area (Å²) in [5, 5.41) is 0. The van der Waals surface area contributed by atoms with Crippen LogP contribution in [0.4, 0.5) is 0 Å². The van der Waals surface area contributed by atoms with Crippen LogP contribution in [0, 0.1) is 0 Å². The lowest BCUT2D eigenvalue weighted by Gasteiger charge is -2.08. The number of carbonyl (C=O) groups is 1. The Labute approximate surface area is 82.5 Å². The summed E-state index contributed by atoms with van der Waals surface area (Å²) in [5.41, 5.74) is -0.00527. The second-order valence-corrected chi connectivity index (χ2v) is 3.08. The van der Waals surface area contributed by atoms with Gasteiger partial charge in [-0.05, 0) is 18.6 Å². The van der Waals surface area contributed by atoms with Crippen molar-refractivity contribution in [3.63, 3.8) is 0 Å². The Bertz CT molecular complexity index is 272. The van der Waals surface area contributed by atoms with E-state index in [0.29, 0.717) is 12.0 Å². The van der Waals surface area contributed by atoms with Crippen LogP contribution >= 0.6 is 11.6 Å². The average molecular weight is 199 g/mol. The van der Waals surface area contributed by atoms with E-state index in [1.807, 2.05) is 13.0 Å². The molecule has 0 amide bonds. The second-order valence-electron chi connectivity index (χ2n) is 2.59. The molecule has 0 fully saturated rings. The molecule has 1 atom stereocenters. The fourth-order valence-corrected chi connectivity index (χ4v) is 0.923. The van der Waals surface area contributed by atoms with Gasteiger partial charge < -0.3 is 4.74 Å². The van der Waals surface area contributed by atoms with Crippen molar-refractivity contribution in [3.05, 3.63) is 35.9 Å². The average Bonchev–Trinajstić information content (AvgIpc) is 2.19. The van der Waals surface area contributed by atoms with E-state index in [2.05, 4.69) is 0 Å². The van der Waals surface area contributed by atoms with Gasteiger partial charge in [0.2, 0.25) is 0 Å². The molecule has 0 radical (unpaired) electrons. The first-order valence-electron chi connectivity index (χ1n) is 4.14. The van der Waals surface area contributed by atoms with E-state index in [-0.39, 0.29) is 5.97 Å². The van der Waals surface area contributed by atoms with Gasteiger partial charge in [0.05, 0.1) is 5.56 Å². The maximum atomic E-state index is 11.3. The summed E-state index contributed by atoms with van der Waals surface area (Å²) in [6.45, 7) is 1.86. The zero-order valence-corrected chi connectivity index (χ0v) is 8.12. The number of rotatable bonds is 3. The molecule has 0 bridgehead atoms. The molecule has 0 spiro atoms. The summed E-state index contributed by atoms with van der Waals surface area (Å²) >= 11 is 5.67. The Kier molecular flexibility index (Phi) is 3.77. The highest BCUT2D eigenvalue weighted by Crippen LogP contribution is 2.08. The molecule has 0 unspecified atom stereocenters. The highest BCUT2D eigenvalue weighted by molar-refractivity contribution is 6.20. The largest absolute Gasteiger partial charge is 0.442 e. The first kappa shape index (κ1) is 10.1. The molecular formula is C10H11ClO2. The third kappa shape index (κ3) is 3.07. The number of carbonyl (C=O) groups excluding carboxylic acids is 1. The van der Waals surface area contributed by atoms with Crippen molar-refractivity contribution < 1.29 is 9.53 Å². The fraction of sp³-hybridized carbons (Fsp3) is 0.300. The summed E-state index contributed by atoms with van der Waals surface area (Å²) in [4.78, 5) is 11.3. The first-order chi connectivity index (χ1) is 6.24. The smallest absolute Gasteiger partial charge is 0.339 e. The molecule has 0 aliphatic carbocycles. The van der Waals surface area contributed by atoms with Crippen LogP contribution in [0.3, 0.4) is 0 Å². The van der Waals surface area contributed by atoms with Crippen molar-refractivity contribution in [2.45, 2.75) is 18.9 Å². The van der Waals surface area contributed by atoms with Crippen LogP contribution < -0.4 is 0 Å². The maximum Gasteiger partial charge on any atom is 0.339 e. The van der Waals surface area contributed by atoms with Crippen molar-refractivity contribution >= 4 is 17.6 Å². The van der Waals surface area contributed by atoms with Crippen LogP contribution in [0.1, 0.15) is 23.7 Å². The third-order valence-corrected chi connectivity index (χ3v) is 1.96. The molecule has 1 aromatic carbocycles. The molecule has 0 aliphatic rings. The number of hydrogen-bond donors (Lipinski definition) is 0. The summed E-state index contributed by atoms with van der Waals surface area (Å²) < 4.78 is 4.91. The number of benzene rings is 1. The predicted molar refractivity (Wildman–Crippen MR) is 51.8 cm³/mol. The molecular weight excluding hydrogens is 188 g/mol. The van der Waals surface area contributed by atoms with Crippen LogP contribution in [-0.4, -0.2) is 11.5 Å². The molecule has 0 aliphatic heterocycles. The lowest BCUT2D eigenvalue weighted by molar-refractivity contribution is 0.0443. The molecule has 1 rings (SSSR count). The Morgan fingerprint density at radius 1 is 1.46 bits per heavy atom. The van der Waals surface area contributed by atoms with E-state index in [9.17, 15) is 4.79 Å². The quantitative estimate of drug-likeness (QED) is 0.552. The van der Waals surface area contributed by atoms with E-state index in [1.165, 1.54) is 0 Å². The van der Waals surface area contributed by atoms with Gasteiger partial charge in [-0.3, -0.25) is 0 Å².